The monoisotopic (exact) mass is 406 g/mol. The van der Waals surface area contributed by atoms with Crippen molar-refractivity contribution in [2.24, 2.45) is 0 Å². The molecular formula is C21H15BrN2O2. The number of aromatic nitrogens is 1. The average Bonchev–Trinajstić information content (AvgIpc) is 3.19. The number of halogens is 1. The van der Waals surface area contributed by atoms with E-state index in [4.69, 9.17) is 9.40 Å². The van der Waals surface area contributed by atoms with E-state index in [0.717, 1.165) is 26.6 Å². The number of fused-ring (bicyclic) bond motifs is 1. The van der Waals surface area contributed by atoms with Crippen LogP contribution in [0.4, 0.5) is 0 Å². The van der Waals surface area contributed by atoms with Gasteiger partial charge in [0.05, 0.1) is 29.6 Å². The van der Waals surface area contributed by atoms with Crippen LogP contribution in [0.3, 0.4) is 0 Å². The molecule has 5 heteroatoms. The van der Waals surface area contributed by atoms with Crippen molar-refractivity contribution in [3.05, 3.63) is 88.8 Å². The first-order valence-electron chi connectivity index (χ1n) is 8.17. The van der Waals surface area contributed by atoms with Crippen molar-refractivity contribution >= 4 is 32.7 Å². The highest BCUT2D eigenvalue weighted by Crippen LogP contribution is 2.27. The predicted octanol–water partition coefficient (Wildman–Crippen LogP) is 5.19. The Bertz CT molecular complexity index is 1060. The molecule has 2 aromatic heterocycles. The van der Waals surface area contributed by atoms with Crippen LogP contribution in [0.5, 0.6) is 0 Å². The Morgan fingerprint density at radius 2 is 1.88 bits per heavy atom. The summed E-state index contributed by atoms with van der Waals surface area (Å²) in [7, 11) is 0. The first kappa shape index (κ1) is 16.5. The van der Waals surface area contributed by atoms with Gasteiger partial charge in [-0.05, 0) is 36.4 Å². The molecule has 1 N–H and O–H groups in total. The fourth-order valence-corrected chi connectivity index (χ4v) is 3.18. The lowest BCUT2D eigenvalue weighted by Crippen LogP contribution is -2.23. The molecule has 2 heterocycles. The van der Waals surface area contributed by atoms with E-state index in [9.17, 15) is 4.79 Å². The maximum atomic E-state index is 12.9. The molecule has 0 aliphatic carbocycles. The van der Waals surface area contributed by atoms with Gasteiger partial charge in [-0.3, -0.25) is 4.79 Å². The molecule has 0 atom stereocenters. The molecule has 4 aromatic rings. The average molecular weight is 407 g/mol. The molecule has 0 unspecified atom stereocenters. The van der Waals surface area contributed by atoms with E-state index in [1.807, 2.05) is 60.7 Å². The van der Waals surface area contributed by atoms with E-state index in [-0.39, 0.29) is 5.91 Å². The summed E-state index contributed by atoms with van der Waals surface area (Å²) < 4.78 is 6.19. The summed E-state index contributed by atoms with van der Waals surface area (Å²) in [5.74, 6) is 0.547. The number of benzene rings is 2. The molecule has 0 aliphatic heterocycles. The van der Waals surface area contributed by atoms with Gasteiger partial charge in [-0.1, -0.05) is 46.3 Å². The molecule has 0 aliphatic rings. The second-order valence-corrected chi connectivity index (χ2v) is 6.76. The zero-order chi connectivity index (χ0) is 17.9. The highest BCUT2D eigenvalue weighted by atomic mass is 79.9. The molecule has 0 radical (unpaired) electrons. The minimum atomic E-state index is -0.163. The second kappa shape index (κ2) is 7.14. The minimum Gasteiger partial charge on any atom is -0.467 e. The molecule has 4 nitrogen and oxygen atoms in total. The van der Waals surface area contributed by atoms with Gasteiger partial charge >= 0.3 is 0 Å². The number of amides is 1. The van der Waals surface area contributed by atoms with Crippen molar-refractivity contribution in [2.45, 2.75) is 6.54 Å². The number of furan rings is 1. The standard InChI is InChI=1S/C21H15BrN2O2/c22-15-8-9-19-17(11-15)18(21(25)23-13-16-7-4-10-26-16)12-20(24-19)14-5-2-1-3-6-14/h1-12H,13H2,(H,23,25). The molecule has 0 bridgehead atoms. The number of pyridine rings is 1. The Kier molecular flexibility index (Phi) is 4.54. The van der Waals surface area contributed by atoms with Crippen LogP contribution in [0.1, 0.15) is 16.1 Å². The van der Waals surface area contributed by atoms with E-state index >= 15 is 0 Å². The fraction of sp³-hybridized carbons (Fsp3) is 0.0476. The number of hydrogen-bond donors (Lipinski definition) is 1. The molecule has 0 saturated carbocycles. The van der Waals surface area contributed by atoms with Gasteiger partial charge in [0.15, 0.2) is 0 Å². The van der Waals surface area contributed by atoms with Crippen LogP contribution in [0.15, 0.2) is 81.9 Å². The summed E-state index contributed by atoms with van der Waals surface area (Å²) in [6.07, 6.45) is 1.59. The van der Waals surface area contributed by atoms with E-state index in [2.05, 4.69) is 21.2 Å². The lowest BCUT2D eigenvalue weighted by atomic mass is 10.0. The van der Waals surface area contributed by atoms with Crippen molar-refractivity contribution in [3.63, 3.8) is 0 Å². The number of nitrogens with one attached hydrogen (secondary N) is 1. The predicted molar refractivity (Wildman–Crippen MR) is 105 cm³/mol. The summed E-state index contributed by atoms with van der Waals surface area (Å²) in [4.78, 5) is 17.6. The number of carbonyl (C=O) groups excluding carboxylic acids is 1. The summed E-state index contributed by atoms with van der Waals surface area (Å²) in [6, 6.07) is 21.1. The molecule has 0 fully saturated rings. The maximum absolute atomic E-state index is 12.9. The first-order valence-corrected chi connectivity index (χ1v) is 8.96. The van der Waals surface area contributed by atoms with Gasteiger partial charge in [-0.25, -0.2) is 4.98 Å². The molecular weight excluding hydrogens is 392 g/mol. The van der Waals surface area contributed by atoms with Crippen molar-refractivity contribution in [3.8, 4) is 11.3 Å². The zero-order valence-corrected chi connectivity index (χ0v) is 15.4. The van der Waals surface area contributed by atoms with E-state index in [1.54, 1.807) is 12.3 Å². The van der Waals surface area contributed by atoms with Gasteiger partial charge in [0, 0.05) is 15.4 Å². The smallest absolute Gasteiger partial charge is 0.252 e. The van der Waals surface area contributed by atoms with Crippen molar-refractivity contribution in [1.82, 2.24) is 10.3 Å². The third-order valence-electron chi connectivity index (χ3n) is 4.09. The highest BCUT2D eigenvalue weighted by Gasteiger charge is 2.14. The zero-order valence-electron chi connectivity index (χ0n) is 13.8. The maximum Gasteiger partial charge on any atom is 0.252 e. The topological polar surface area (TPSA) is 55.1 Å². The number of nitrogens with zero attached hydrogens (tertiary/aromatic N) is 1. The Morgan fingerprint density at radius 1 is 1.04 bits per heavy atom. The van der Waals surface area contributed by atoms with Crippen LogP contribution in [0.2, 0.25) is 0 Å². The first-order chi connectivity index (χ1) is 12.7. The van der Waals surface area contributed by atoms with Gasteiger partial charge in [0.1, 0.15) is 5.76 Å². The molecule has 4 rings (SSSR count). The van der Waals surface area contributed by atoms with Gasteiger partial charge in [0.2, 0.25) is 0 Å². The Balaban J connectivity index is 1.77. The molecule has 0 spiro atoms. The van der Waals surface area contributed by atoms with E-state index < -0.39 is 0 Å². The van der Waals surface area contributed by atoms with Crippen molar-refractivity contribution in [2.75, 3.05) is 0 Å². The van der Waals surface area contributed by atoms with Gasteiger partial charge in [0.25, 0.3) is 5.91 Å². The lowest BCUT2D eigenvalue weighted by Gasteiger charge is -2.10. The Labute approximate surface area is 159 Å². The van der Waals surface area contributed by atoms with Crippen LogP contribution in [0.25, 0.3) is 22.2 Å². The normalized spacial score (nSPS) is 10.8. The third-order valence-corrected chi connectivity index (χ3v) is 4.58. The van der Waals surface area contributed by atoms with Gasteiger partial charge in [-0.15, -0.1) is 0 Å². The highest BCUT2D eigenvalue weighted by molar-refractivity contribution is 9.10. The van der Waals surface area contributed by atoms with Crippen molar-refractivity contribution in [1.29, 1.82) is 0 Å². The molecule has 26 heavy (non-hydrogen) atoms. The third kappa shape index (κ3) is 3.39. The van der Waals surface area contributed by atoms with Crippen molar-refractivity contribution < 1.29 is 9.21 Å². The molecule has 1 amide bonds. The molecule has 2 aromatic carbocycles. The molecule has 0 saturated heterocycles. The number of rotatable bonds is 4. The van der Waals surface area contributed by atoms with Crippen LogP contribution >= 0.6 is 15.9 Å². The fourth-order valence-electron chi connectivity index (χ4n) is 2.82. The quantitative estimate of drug-likeness (QED) is 0.507. The summed E-state index contributed by atoms with van der Waals surface area (Å²) in [5, 5.41) is 3.72. The van der Waals surface area contributed by atoms with Crippen LogP contribution in [-0.2, 0) is 6.54 Å². The Hall–Kier alpha value is -2.92. The Morgan fingerprint density at radius 3 is 2.65 bits per heavy atom. The summed E-state index contributed by atoms with van der Waals surface area (Å²) >= 11 is 3.48. The van der Waals surface area contributed by atoms with Gasteiger partial charge < -0.3 is 9.73 Å². The SMILES string of the molecule is O=C(NCc1ccco1)c1cc(-c2ccccc2)nc2ccc(Br)cc12. The second-order valence-electron chi connectivity index (χ2n) is 5.84. The van der Waals surface area contributed by atoms with E-state index in [1.165, 1.54) is 0 Å². The van der Waals surface area contributed by atoms with Crippen LogP contribution in [-0.4, -0.2) is 10.9 Å². The van der Waals surface area contributed by atoms with Crippen LogP contribution in [0, 0.1) is 0 Å². The van der Waals surface area contributed by atoms with Gasteiger partial charge in [-0.2, -0.15) is 0 Å². The number of hydrogen-bond acceptors (Lipinski definition) is 3. The molecule has 128 valence electrons. The number of carbonyl (C=O) groups is 1. The van der Waals surface area contributed by atoms with E-state index in [0.29, 0.717) is 17.9 Å². The van der Waals surface area contributed by atoms with Crippen LogP contribution < -0.4 is 5.32 Å². The summed E-state index contributed by atoms with van der Waals surface area (Å²) in [5.41, 5.74) is 3.10. The minimum absolute atomic E-state index is 0.163. The largest absolute Gasteiger partial charge is 0.467 e. The summed E-state index contributed by atoms with van der Waals surface area (Å²) in [6.45, 7) is 0.338. The lowest BCUT2D eigenvalue weighted by molar-refractivity contribution is 0.0949.